The number of H-pyrrole nitrogens is 1. The van der Waals surface area contributed by atoms with E-state index in [1.807, 2.05) is 23.1 Å². The van der Waals surface area contributed by atoms with Crippen molar-refractivity contribution in [3.05, 3.63) is 105 Å². The Morgan fingerprint density at radius 2 is 1.48 bits per heavy atom. The number of nitrogens with one attached hydrogen (secondary N) is 2. The molecule has 1 atom stereocenters. The number of fused-ring (bicyclic) bond motifs is 2. The van der Waals surface area contributed by atoms with Gasteiger partial charge in [0.25, 0.3) is 23.3 Å². The summed E-state index contributed by atoms with van der Waals surface area (Å²) in [5.74, 6) is -3.19. The van der Waals surface area contributed by atoms with E-state index in [1.165, 1.54) is 6.07 Å². The maximum absolute atomic E-state index is 15.0. The number of rotatable bonds is 7. The molecule has 298 valence electrons. The second kappa shape index (κ2) is 14.9. The summed E-state index contributed by atoms with van der Waals surface area (Å²) >= 11 is 0. The molecule has 6 heterocycles. The van der Waals surface area contributed by atoms with Crippen molar-refractivity contribution in [2.24, 2.45) is 5.92 Å². The zero-order valence-electron chi connectivity index (χ0n) is 31.6. The van der Waals surface area contributed by atoms with Crippen LogP contribution in [0, 0.1) is 11.7 Å². The number of piperazine rings is 1. The van der Waals surface area contributed by atoms with Crippen LogP contribution >= 0.6 is 0 Å². The van der Waals surface area contributed by atoms with Gasteiger partial charge in [-0.15, -0.1) is 0 Å². The maximum Gasteiger partial charge on any atom is 0.272 e. The first kappa shape index (κ1) is 37.3. The van der Waals surface area contributed by atoms with Gasteiger partial charge in [0, 0.05) is 75.1 Å². The minimum atomic E-state index is -1.01. The summed E-state index contributed by atoms with van der Waals surface area (Å²) in [6, 6.07) is 16.0. The lowest BCUT2D eigenvalue weighted by Gasteiger charge is -2.49. The molecule has 5 aliphatic rings. The van der Waals surface area contributed by atoms with E-state index < -0.39 is 41.4 Å². The molecule has 4 aromatic rings. The first-order valence-corrected chi connectivity index (χ1v) is 19.7. The molecule has 4 saturated heterocycles. The van der Waals surface area contributed by atoms with Gasteiger partial charge in [-0.25, -0.2) is 9.49 Å². The molecule has 0 aliphatic carbocycles. The number of aromatic nitrogens is 2. The number of piperidine rings is 2. The number of benzene rings is 3. The highest BCUT2D eigenvalue weighted by atomic mass is 19.1. The van der Waals surface area contributed by atoms with Crippen LogP contribution < -0.4 is 15.8 Å². The highest BCUT2D eigenvalue weighted by Gasteiger charge is 2.45. The molecule has 6 amide bonds. The normalized spacial score (nSPS) is 20.7. The standard InChI is InChI=1S/C42H41FN8O7/c43-33-8-5-24(20-34-28-3-1-2-4-29(28)37(53)46-45-34)19-32(33)40(56)49-17-15-48(16-18-49)39(55)25-11-13-47(14-12-25)27-22-50(23-27)26-6-7-30-31(21-26)42(58)51(41(30)57)35-9-10-36(52)44-38(35)54/h1-8,19,21,25,27,35H,9-18,20,22-23H2,(H,46,53)(H,44,52,54). The Kier molecular flexibility index (Phi) is 9.58. The van der Waals surface area contributed by atoms with E-state index in [2.05, 4.69) is 25.3 Å². The largest absolute Gasteiger partial charge is 0.368 e. The van der Waals surface area contributed by atoms with Gasteiger partial charge in [0.05, 0.1) is 27.8 Å². The first-order valence-electron chi connectivity index (χ1n) is 19.7. The monoisotopic (exact) mass is 788 g/mol. The van der Waals surface area contributed by atoms with Crippen molar-refractivity contribution in [2.75, 3.05) is 57.3 Å². The van der Waals surface area contributed by atoms with Crippen LogP contribution in [0.1, 0.15) is 68.0 Å². The molecule has 9 rings (SSSR count). The third-order valence-electron chi connectivity index (χ3n) is 12.3. The lowest BCUT2D eigenvalue weighted by molar-refractivity contribution is -0.139. The third-order valence-corrected chi connectivity index (χ3v) is 12.3. The number of carbonyl (C=O) groups is 6. The number of nitrogens with zero attached hydrogens (tertiary/aromatic N) is 6. The number of amides is 6. The fourth-order valence-corrected chi connectivity index (χ4v) is 8.97. The molecule has 0 saturated carbocycles. The fourth-order valence-electron chi connectivity index (χ4n) is 8.97. The van der Waals surface area contributed by atoms with Gasteiger partial charge in [-0.3, -0.25) is 48.7 Å². The Morgan fingerprint density at radius 3 is 2.22 bits per heavy atom. The summed E-state index contributed by atoms with van der Waals surface area (Å²) < 4.78 is 15.0. The molecule has 0 radical (unpaired) electrons. The number of hydrogen-bond acceptors (Lipinski definition) is 10. The quantitative estimate of drug-likeness (QED) is 0.264. The molecular formula is C42H41FN8O7. The minimum Gasteiger partial charge on any atom is -0.368 e. The van der Waals surface area contributed by atoms with E-state index in [0.29, 0.717) is 54.6 Å². The Morgan fingerprint density at radius 1 is 0.776 bits per heavy atom. The zero-order valence-corrected chi connectivity index (χ0v) is 31.6. The average molecular weight is 789 g/mol. The Hall–Kier alpha value is -6.29. The van der Waals surface area contributed by atoms with Gasteiger partial charge >= 0.3 is 0 Å². The Balaban J connectivity index is 0.748. The summed E-state index contributed by atoms with van der Waals surface area (Å²) in [5, 5.41) is 10.1. The van der Waals surface area contributed by atoms with Crippen molar-refractivity contribution < 1.29 is 33.2 Å². The molecule has 3 aromatic carbocycles. The van der Waals surface area contributed by atoms with Crippen LogP contribution in [0.15, 0.2) is 65.5 Å². The topological polar surface area (TPSA) is 176 Å². The van der Waals surface area contributed by atoms with Crippen molar-refractivity contribution in [2.45, 2.75) is 44.2 Å². The molecule has 16 heteroatoms. The molecule has 0 spiro atoms. The second-order valence-corrected chi connectivity index (χ2v) is 15.7. The van der Waals surface area contributed by atoms with E-state index in [0.717, 1.165) is 49.6 Å². The molecule has 5 aliphatic heterocycles. The number of halogens is 1. The van der Waals surface area contributed by atoms with E-state index in [-0.39, 0.29) is 53.0 Å². The van der Waals surface area contributed by atoms with E-state index in [1.54, 1.807) is 41.3 Å². The lowest BCUT2D eigenvalue weighted by Crippen LogP contribution is -2.61. The summed E-state index contributed by atoms with van der Waals surface area (Å²) in [6.07, 6.45) is 1.91. The minimum absolute atomic E-state index is 0.0378. The zero-order chi connectivity index (χ0) is 40.2. The van der Waals surface area contributed by atoms with E-state index in [9.17, 15) is 33.6 Å². The molecule has 15 nitrogen and oxygen atoms in total. The highest BCUT2D eigenvalue weighted by molar-refractivity contribution is 6.23. The van der Waals surface area contributed by atoms with Crippen LogP contribution in [0.25, 0.3) is 10.8 Å². The van der Waals surface area contributed by atoms with Crippen LogP contribution in [0.4, 0.5) is 10.1 Å². The van der Waals surface area contributed by atoms with Crippen LogP contribution in [0.2, 0.25) is 0 Å². The maximum atomic E-state index is 15.0. The Bertz CT molecular complexity index is 2450. The van der Waals surface area contributed by atoms with Crippen LogP contribution in [-0.4, -0.2) is 130 Å². The van der Waals surface area contributed by atoms with Gasteiger partial charge in [0.2, 0.25) is 17.7 Å². The molecule has 4 fully saturated rings. The van der Waals surface area contributed by atoms with Gasteiger partial charge < -0.3 is 14.7 Å². The summed E-state index contributed by atoms with van der Waals surface area (Å²) in [5.41, 5.74) is 2.29. The van der Waals surface area contributed by atoms with E-state index >= 15 is 4.39 Å². The summed E-state index contributed by atoms with van der Waals surface area (Å²) in [6.45, 7) is 4.35. The van der Waals surface area contributed by atoms with Crippen molar-refractivity contribution >= 4 is 51.9 Å². The van der Waals surface area contributed by atoms with E-state index in [4.69, 9.17) is 0 Å². The number of hydrogen-bond donors (Lipinski definition) is 2. The molecule has 1 aromatic heterocycles. The summed E-state index contributed by atoms with van der Waals surface area (Å²) in [7, 11) is 0. The number of anilines is 1. The van der Waals surface area contributed by atoms with Crippen LogP contribution in [-0.2, 0) is 20.8 Å². The number of aromatic amines is 1. The van der Waals surface area contributed by atoms with Gasteiger partial charge in [-0.05, 0) is 74.3 Å². The number of imide groups is 2. The predicted octanol–water partition coefficient (Wildman–Crippen LogP) is 1.94. The fraction of sp³-hybridized carbons (Fsp3) is 0.381. The molecule has 0 bridgehead atoms. The van der Waals surface area contributed by atoms with Crippen molar-refractivity contribution in [1.82, 2.24) is 35.1 Å². The summed E-state index contributed by atoms with van der Waals surface area (Å²) in [4.78, 5) is 98.7. The van der Waals surface area contributed by atoms with Crippen LogP contribution in [0.3, 0.4) is 0 Å². The predicted molar refractivity (Wildman–Crippen MR) is 207 cm³/mol. The molecule has 58 heavy (non-hydrogen) atoms. The van der Waals surface area contributed by atoms with Gasteiger partial charge in [0.1, 0.15) is 11.9 Å². The van der Waals surface area contributed by atoms with Gasteiger partial charge in [-0.1, -0.05) is 24.3 Å². The first-order chi connectivity index (χ1) is 28.0. The number of carbonyl (C=O) groups excluding carboxylic acids is 6. The van der Waals surface area contributed by atoms with Crippen molar-refractivity contribution in [3.63, 3.8) is 0 Å². The average Bonchev–Trinajstić information content (AvgIpc) is 3.46. The van der Waals surface area contributed by atoms with Gasteiger partial charge in [-0.2, -0.15) is 5.10 Å². The molecular weight excluding hydrogens is 748 g/mol. The number of likely N-dealkylation sites (tertiary alicyclic amines) is 1. The Labute approximate surface area is 331 Å². The van der Waals surface area contributed by atoms with Crippen LogP contribution in [0.5, 0.6) is 0 Å². The lowest BCUT2D eigenvalue weighted by atomic mass is 9.92. The van der Waals surface area contributed by atoms with Crippen molar-refractivity contribution in [1.29, 1.82) is 0 Å². The van der Waals surface area contributed by atoms with Gasteiger partial charge in [0.15, 0.2) is 0 Å². The molecule has 1 unspecified atom stereocenters. The third kappa shape index (κ3) is 6.70. The van der Waals surface area contributed by atoms with Crippen molar-refractivity contribution in [3.8, 4) is 0 Å². The highest BCUT2D eigenvalue weighted by Crippen LogP contribution is 2.34. The SMILES string of the molecule is O=C1CCC(N2C(=O)c3ccc(N4CC(N5CCC(C(=O)N6CCN(C(=O)c7cc(Cc8n[nH]c(=O)c9ccccc89)ccc7F)CC6)CC5)C4)cc3C2=O)C(=O)N1. The second-order valence-electron chi connectivity index (χ2n) is 15.7. The smallest absolute Gasteiger partial charge is 0.272 e. The molecule has 2 N–H and O–H groups in total.